The molecule has 1 amide bonds. The van der Waals surface area contributed by atoms with Crippen LogP contribution in [-0.4, -0.2) is 42.1 Å². The van der Waals surface area contributed by atoms with Gasteiger partial charge in [0, 0.05) is 37.5 Å². The Hall–Kier alpha value is -2.41. The van der Waals surface area contributed by atoms with Gasteiger partial charge in [0.25, 0.3) is 5.91 Å². The molecule has 3 rings (SSSR count). The second-order valence-electron chi connectivity index (χ2n) is 6.23. The van der Waals surface area contributed by atoms with Gasteiger partial charge in [-0.05, 0) is 37.1 Å². The van der Waals surface area contributed by atoms with Crippen molar-refractivity contribution in [1.82, 2.24) is 9.88 Å². The van der Waals surface area contributed by atoms with Crippen molar-refractivity contribution in [2.75, 3.05) is 20.2 Å². The Morgan fingerprint density at radius 1 is 1.27 bits per heavy atom. The molecule has 0 saturated carbocycles. The molecule has 2 aromatic rings. The maximum Gasteiger partial charge on any atom is 0.418 e. The third kappa shape index (κ3) is 3.88. The fourth-order valence-corrected chi connectivity index (χ4v) is 3.16. The van der Waals surface area contributed by atoms with Crippen LogP contribution in [0, 0.1) is 0 Å². The zero-order valence-electron chi connectivity index (χ0n) is 14.3. The highest BCUT2D eigenvalue weighted by Gasteiger charge is 2.34. The first-order chi connectivity index (χ1) is 12.4. The lowest BCUT2D eigenvalue weighted by Crippen LogP contribution is -2.42. The third-order valence-corrected chi connectivity index (χ3v) is 4.49. The van der Waals surface area contributed by atoms with Gasteiger partial charge in [-0.3, -0.25) is 9.78 Å². The number of nitrogens with zero attached hydrogens (tertiary/aromatic N) is 2. The van der Waals surface area contributed by atoms with Crippen molar-refractivity contribution in [3.63, 3.8) is 0 Å². The molecule has 1 aliphatic rings. The van der Waals surface area contributed by atoms with Gasteiger partial charge in [-0.2, -0.15) is 13.2 Å². The quantitative estimate of drug-likeness (QED) is 0.826. The van der Waals surface area contributed by atoms with E-state index in [2.05, 4.69) is 4.98 Å². The molecule has 0 radical (unpaired) electrons. The molecule has 0 bridgehead atoms. The largest absolute Gasteiger partial charge is 0.418 e. The molecule has 0 N–H and O–H groups in total. The molecule has 2 heterocycles. The van der Waals surface area contributed by atoms with E-state index in [-0.39, 0.29) is 23.3 Å². The van der Waals surface area contributed by atoms with Crippen molar-refractivity contribution in [3.8, 4) is 11.3 Å². The maximum atomic E-state index is 13.2. The Bertz CT molecular complexity index is 792. The van der Waals surface area contributed by atoms with E-state index in [9.17, 15) is 18.0 Å². The van der Waals surface area contributed by atoms with Gasteiger partial charge in [0.2, 0.25) is 0 Å². The number of piperidine rings is 1. The molecule has 4 nitrogen and oxygen atoms in total. The van der Waals surface area contributed by atoms with Crippen LogP contribution in [0.25, 0.3) is 11.3 Å². The first kappa shape index (κ1) is 18.4. The van der Waals surface area contributed by atoms with Crippen LogP contribution in [0.1, 0.15) is 28.8 Å². The van der Waals surface area contributed by atoms with E-state index in [0.29, 0.717) is 18.7 Å². The van der Waals surface area contributed by atoms with Crippen molar-refractivity contribution < 1.29 is 22.7 Å². The normalized spacial score (nSPS) is 18.0. The summed E-state index contributed by atoms with van der Waals surface area (Å²) in [6, 6.07) is 8.43. The molecule has 1 aromatic heterocycles. The SMILES string of the molecule is COC1CCCN(C(=O)c2cccc(-c3ncccc3C(F)(F)F)c2)C1. The highest BCUT2D eigenvalue weighted by Crippen LogP contribution is 2.35. The topological polar surface area (TPSA) is 42.4 Å². The summed E-state index contributed by atoms with van der Waals surface area (Å²) in [5.74, 6) is -0.210. The second kappa shape index (κ2) is 7.45. The molecule has 1 aliphatic heterocycles. The van der Waals surface area contributed by atoms with Crippen LogP contribution in [-0.2, 0) is 10.9 Å². The second-order valence-corrected chi connectivity index (χ2v) is 6.23. The number of carbonyl (C=O) groups excluding carboxylic acids is 1. The lowest BCUT2D eigenvalue weighted by molar-refractivity contribution is -0.137. The number of carbonyl (C=O) groups is 1. The number of rotatable bonds is 3. The van der Waals surface area contributed by atoms with Crippen molar-refractivity contribution in [3.05, 3.63) is 53.7 Å². The molecule has 1 fully saturated rings. The lowest BCUT2D eigenvalue weighted by Gasteiger charge is -2.32. The zero-order valence-corrected chi connectivity index (χ0v) is 14.3. The molecule has 0 aliphatic carbocycles. The highest BCUT2D eigenvalue weighted by atomic mass is 19.4. The summed E-state index contributed by atoms with van der Waals surface area (Å²) in [4.78, 5) is 18.3. The van der Waals surface area contributed by atoms with Gasteiger partial charge in [-0.25, -0.2) is 0 Å². The fraction of sp³-hybridized carbons (Fsp3) is 0.368. The number of alkyl halides is 3. The minimum Gasteiger partial charge on any atom is -0.380 e. The van der Waals surface area contributed by atoms with Crippen LogP contribution in [0.3, 0.4) is 0 Å². The average Bonchev–Trinajstić information content (AvgIpc) is 2.67. The Balaban J connectivity index is 1.91. The maximum absolute atomic E-state index is 13.2. The Morgan fingerprint density at radius 3 is 2.81 bits per heavy atom. The monoisotopic (exact) mass is 364 g/mol. The molecule has 1 aromatic carbocycles. The van der Waals surface area contributed by atoms with E-state index in [1.807, 2.05) is 0 Å². The van der Waals surface area contributed by atoms with Gasteiger partial charge in [0.05, 0.1) is 17.4 Å². The summed E-state index contributed by atoms with van der Waals surface area (Å²) in [7, 11) is 1.61. The Labute approximate surface area is 149 Å². The van der Waals surface area contributed by atoms with Crippen LogP contribution in [0.4, 0.5) is 13.2 Å². The summed E-state index contributed by atoms with van der Waals surface area (Å²) >= 11 is 0. The number of hydrogen-bond donors (Lipinski definition) is 0. The van der Waals surface area contributed by atoms with Crippen molar-refractivity contribution >= 4 is 5.91 Å². The van der Waals surface area contributed by atoms with E-state index >= 15 is 0 Å². The Morgan fingerprint density at radius 2 is 2.08 bits per heavy atom. The van der Waals surface area contributed by atoms with E-state index in [0.717, 1.165) is 18.9 Å². The third-order valence-electron chi connectivity index (χ3n) is 4.49. The number of hydrogen-bond acceptors (Lipinski definition) is 3. The van der Waals surface area contributed by atoms with Crippen LogP contribution in [0.5, 0.6) is 0 Å². The summed E-state index contributed by atoms with van der Waals surface area (Å²) in [6.07, 6.45) is -1.48. The molecular formula is C19H19F3N2O2. The summed E-state index contributed by atoms with van der Waals surface area (Å²) in [6.45, 7) is 1.09. The predicted molar refractivity (Wildman–Crippen MR) is 90.6 cm³/mol. The van der Waals surface area contributed by atoms with Crippen LogP contribution in [0.2, 0.25) is 0 Å². The smallest absolute Gasteiger partial charge is 0.380 e. The standard InChI is InChI=1S/C19H19F3N2O2/c1-26-15-7-4-10-24(12-15)18(25)14-6-2-5-13(11-14)17-16(19(20,21)22)8-3-9-23-17/h2-3,5-6,8-9,11,15H,4,7,10,12H2,1H3. The number of likely N-dealkylation sites (tertiary alicyclic amines) is 1. The molecule has 138 valence electrons. The van der Waals surface area contributed by atoms with Gasteiger partial charge in [-0.1, -0.05) is 12.1 Å². The number of pyridine rings is 1. The molecular weight excluding hydrogens is 345 g/mol. The minimum atomic E-state index is -4.51. The summed E-state index contributed by atoms with van der Waals surface area (Å²) in [5.41, 5.74) is -0.382. The number of benzene rings is 1. The Kier molecular flexibility index (Phi) is 5.27. The highest BCUT2D eigenvalue weighted by molar-refractivity contribution is 5.95. The average molecular weight is 364 g/mol. The van der Waals surface area contributed by atoms with Crippen LogP contribution in [0.15, 0.2) is 42.6 Å². The number of halogens is 3. The molecule has 1 unspecified atom stereocenters. The van der Waals surface area contributed by atoms with E-state index in [4.69, 9.17) is 4.74 Å². The number of aromatic nitrogens is 1. The number of amides is 1. The van der Waals surface area contributed by atoms with Gasteiger partial charge in [0.15, 0.2) is 0 Å². The van der Waals surface area contributed by atoms with Gasteiger partial charge < -0.3 is 9.64 Å². The number of methoxy groups -OCH3 is 1. The number of ether oxygens (including phenoxy) is 1. The van der Waals surface area contributed by atoms with Gasteiger partial charge in [0.1, 0.15) is 0 Å². The fourth-order valence-electron chi connectivity index (χ4n) is 3.16. The van der Waals surface area contributed by atoms with Crippen molar-refractivity contribution in [1.29, 1.82) is 0 Å². The predicted octanol–water partition coefficient (Wildman–Crippen LogP) is 4.02. The summed E-state index contributed by atoms with van der Waals surface area (Å²) in [5, 5.41) is 0. The van der Waals surface area contributed by atoms with E-state index < -0.39 is 11.7 Å². The minimum absolute atomic E-state index is 0.0106. The first-order valence-corrected chi connectivity index (χ1v) is 8.35. The molecule has 1 saturated heterocycles. The lowest BCUT2D eigenvalue weighted by atomic mass is 10.0. The van der Waals surface area contributed by atoms with Crippen molar-refractivity contribution in [2.45, 2.75) is 25.1 Å². The van der Waals surface area contributed by atoms with Crippen molar-refractivity contribution in [2.24, 2.45) is 0 Å². The molecule has 26 heavy (non-hydrogen) atoms. The van der Waals surface area contributed by atoms with E-state index in [1.165, 1.54) is 24.4 Å². The van der Waals surface area contributed by atoms with Gasteiger partial charge in [-0.15, -0.1) is 0 Å². The van der Waals surface area contributed by atoms with E-state index in [1.54, 1.807) is 24.1 Å². The molecule has 0 spiro atoms. The molecule has 7 heteroatoms. The summed E-state index contributed by atoms with van der Waals surface area (Å²) < 4.78 is 45.0. The van der Waals surface area contributed by atoms with Crippen LogP contribution >= 0.6 is 0 Å². The van der Waals surface area contributed by atoms with Crippen LogP contribution < -0.4 is 0 Å². The molecule has 1 atom stereocenters. The first-order valence-electron chi connectivity index (χ1n) is 8.35. The van der Waals surface area contributed by atoms with Gasteiger partial charge >= 0.3 is 6.18 Å². The zero-order chi connectivity index (χ0) is 18.7.